The topological polar surface area (TPSA) is 95.8 Å². The highest BCUT2D eigenvalue weighted by Gasteiger charge is 2.18. The van der Waals surface area contributed by atoms with E-state index in [0.717, 1.165) is 77.5 Å². The van der Waals surface area contributed by atoms with Crippen LogP contribution in [0.3, 0.4) is 0 Å². The second-order valence-electron chi connectivity index (χ2n) is 10.1. The molecule has 5 N–H and O–H groups in total. The van der Waals surface area contributed by atoms with E-state index >= 15 is 0 Å². The smallest absolute Gasteiger partial charge is 0.237 e. The van der Waals surface area contributed by atoms with Gasteiger partial charge in [0.2, 0.25) is 5.91 Å². The molecule has 0 saturated heterocycles. The minimum atomic E-state index is -0.542. The summed E-state index contributed by atoms with van der Waals surface area (Å²) in [6, 6.07) is 13.6. The zero-order valence-electron chi connectivity index (χ0n) is 22.1. The van der Waals surface area contributed by atoms with Crippen LogP contribution in [0.2, 0.25) is 5.02 Å². The van der Waals surface area contributed by atoms with Crippen molar-refractivity contribution in [2.24, 2.45) is 5.73 Å². The first-order valence-electron chi connectivity index (χ1n) is 13.5. The van der Waals surface area contributed by atoms with Crippen molar-refractivity contribution in [3.8, 4) is 0 Å². The third kappa shape index (κ3) is 7.57. The number of carbonyl (C=O) groups is 1. The number of fused-ring (bicyclic) bond motifs is 3. The minimum absolute atomic E-state index is 0. The highest BCUT2D eigenvalue weighted by atomic mass is 35.5. The maximum absolute atomic E-state index is 12.5. The van der Waals surface area contributed by atoms with Crippen LogP contribution in [0.1, 0.15) is 55.3 Å². The summed E-state index contributed by atoms with van der Waals surface area (Å²) in [5.74, 6) is -0.0820. The molecule has 6 nitrogen and oxygen atoms in total. The van der Waals surface area contributed by atoms with Crippen LogP contribution < -0.4 is 16.4 Å². The van der Waals surface area contributed by atoms with E-state index in [1.165, 1.54) is 29.8 Å². The number of para-hydroxylation sites is 1. The van der Waals surface area contributed by atoms with E-state index in [9.17, 15) is 4.79 Å². The highest BCUT2D eigenvalue weighted by Crippen LogP contribution is 2.34. The summed E-state index contributed by atoms with van der Waals surface area (Å²) in [5.41, 5.74) is 13.2. The van der Waals surface area contributed by atoms with Crippen LogP contribution in [0.5, 0.6) is 0 Å². The zero-order chi connectivity index (χ0) is 25.6. The number of carbonyl (C=O) groups excluding carboxylic acids is 1. The number of aryl methyl sites for hydroxylation is 1. The maximum atomic E-state index is 12.5. The van der Waals surface area contributed by atoms with Gasteiger partial charge in [-0.15, -0.1) is 24.8 Å². The Kier molecular flexibility index (Phi) is 11.7. The summed E-state index contributed by atoms with van der Waals surface area (Å²) in [7, 11) is 0. The first-order valence-corrected chi connectivity index (χ1v) is 13.9. The van der Waals surface area contributed by atoms with Gasteiger partial charge in [-0.3, -0.25) is 9.78 Å². The van der Waals surface area contributed by atoms with Crippen molar-refractivity contribution >= 4 is 69.8 Å². The van der Waals surface area contributed by atoms with Crippen LogP contribution in [0.15, 0.2) is 48.7 Å². The number of pyridine rings is 1. The van der Waals surface area contributed by atoms with Gasteiger partial charge >= 0.3 is 0 Å². The molecule has 2 aromatic heterocycles. The first-order chi connectivity index (χ1) is 18.1. The molecule has 210 valence electrons. The number of aromatic amines is 1. The van der Waals surface area contributed by atoms with Crippen molar-refractivity contribution in [2.45, 2.75) is 63.8 Å². The molecule has 1 aliphatic carbocycles. The number of nitrogens with zero attached hydrogens (tertiary/aromatic N) is 1. The summed E-state index contributed by atoms with van der Waals surface area (Å²) < 4.78 is 0. The monoisotopic (exact) mass is 589 g/mol. The number of rotatable bonds is 11. The summed E-state index contributed by atoms with van der Waals surface area (Å²) in [4.78, 5) is 20.6. The van der Waals surface area contributed by atoms with Crippen LogP contribution in [0.4, 0.5) is 5.69 Å². The Morgan fingerprint density at radius 2 is 1.77 bits per heavy atom. The van der Waals surface area contributed by atoms with Gasteiger partial charge in [0.05, 0.1) is 11.6 Å². The van der Waals surface area contributed by atoms with E-state index in [1.54, 1.807) is 0 Å². The summed E-state index contributed by atoms with van der Waals surface area (Å²) in [6.45, 7) is 1.59. The Morgan fingerprint density at radius 3 is 2.62 bits per heavy atom. The number of aromatic nitrogens is 2. The molecule has 39 heavy (non-hydrogen) atoms. The fourth-order valence-corrected chi connectivity index (χ4v) is 5.56. The Morgan fingerprint density at radius 1 is 1.00 bits per heavy atom. The van der Waals surface area contributed by atoms with Gasteiger partial charge in [-0.1, -0.05) is 42.6 Å². The third-order valence-electron chi connectivity index (χ3n) is 7.38. The normalized spacial score (nSPS) is 13.3. The van der Waals surface area contributed by atoms with E-state index in [1.807, 2.05) is 36.5 Å². The molecule has 0 radical (unpaired) electrons. The molecule has 0 bridgehead atoms. The molecule has 0 unspecified atom stereocenters. The molecule has 5 rings (SSSR count). The summed E-state index contributed by atoms with van der Waals surface area (Å²) in [6.07, 6.45) is 11.3. The molecular weight excluding hydrogens is 553 g/mol. The van der Waals surface area contributed by atoms with Gasteiger partial charge in [-0.25, -0.2) is 0 Å². The van der Waals surface area contributed by atoms with E-state index in [2.05, 4.69) is 27.8 Å². The largest absolute Gasteiger partial charge is 0.384 e. The van der Waals surface area contributed by atoms with Gasteiger partial charge in [0, 0.05) is 52.0 Å². The minimum Gasteiger partial charge on any atom is -0.384 e. The number of unbranched alkanes of at least 4 members (excludes halogenated alkanes) is 3. The molecule has 1 amide bonds. The number of benzene rings is 2. The number of amides is 1. The molecule has 9 heteroatoms. The Balaban J connectivity index is 0.00000210. The van der Waals surface area contributed by atoms with E-state index in [0.29, 0.717) is 13.0 Å². The van der Waals surface area contributed by atoms with Crippen molar-refractivity contribution in [3.63, 3.8) is 0 Å². The molecule has 1 atom stereocenters. The maximum Gasteiger partial charge on any atom is 0.237 e. The number of nitrogens with one attached hydrogen (secondary N) is 3. The molecule has 0 fully saturated rings. The molecule has 2 heterocycles. The Hall–Kier alpha value is -2.51. The second kappa shape index (κ2) is 14.8. The zero-order valence-corrected chi connectivity index (χ0v) is 24.5. The predicted molar refractivity (Wildman–Crippen MR) is 168 cm³/mol. The van der Waals surface area contributed by atoms with Gasteiger partial charge in [0.25, 0.3) is 0 Å². The van der Waals surface area contributed by atoms with Gasteiger partial charge in [0.1, 0.15) is 0 Å². The number of halogens is 3. The molecule has 0 aliphatic heterocycles. The fourth-order valence-electron chi connectivity index (χ4n) is 5.39. The molecule has 1 aliphatic rings. The second-order valence-corrected chi connectivity index (χ2v) is 10.5. The Bertz CT molecular complexity index is 1390. The van der Waals surface area contributed by atoms with Gasteiger partial charge < -0.3 is 21.4 Å². The van der Waals surface area contributed by atoms with Crippen LogP contribution >= 0.6 is 36.4 Å². The number of hydrogen-bond acceptors (Lipinski definition) is 4. The molecular formula is C30H38Cl3N5O. The van der Waals surface area contributed by atoms with Crippen LogP contribution in [-0.2, 0) is 24.1 Å². The number of H-pyrrole nitrogens is 1. The average Bonchev–Trinajstić information content (AvgIpc) is 3.32. The average molecular weight is 591 g/mol. The van der Waals surface area contributed by atoms with E-state index in [4.69, 9.17) is 22.3 Å². The van der Waals surface area contributed by atoms with Crippen molar-refractivity contribution in [2.75, 3.05) is 18.4 Å². The van der Waals surface area contributed by atoms with Crippen LogP contribution in [0.25, 0.3) is 21.8 Å². The van der Waals surface area contributed by atoms with Gasteiger partial charge in [-0.2, -0.15) is 0 Å². The van der Waals surface area contributed by atoms with Gasteiger partial charge in [-0.05, 0) is 80.3 Å². The quantitative estimate of drug-likeness (QED) is 0.145. The third-order valence-corrected chi connectivity index (χ3v) is 7.62. The number of hydrogen-bond donors (Lipinski definition) is 4. The van der Waals surface area contributed by atoms with E-state index < -0.39 is 6.04 Å². The van der Waals surface area contributed by atoms with Crippen LogP contribution in [0, 0.1) is 0 Å². The van der Waals surface area contributed by atoms with Crippen molar-refractivity contribution < 1.29 is 4.79 Å². The Labute approximate surface area is 247 Å². The lowest BCUT2D eigenvalue weighted by Crippen LogP contribution is -2.42. The standard InChI is InChI=1S/C30H36ClN5O.2ClH/c31-21-13-14-24-28(18-21)36-27-12-6-4-10-23(27)29(24)33-15-7-1-2-8-16-34-30(37)25(32)17-20-19-35-26-11-5-3-9-22(20)26;;/h3,5,9,11,13-14,18-19,25,35H,1-2,4,6-8,10,12,15-17,32H2,(H,33,36)(H,34,37);2*1H/t25-;;/m0../s1. The molecule has 4 aromatic rings. The predicted octanol–water partition coefficient (Wildman–Crippen LogP) is 6.75. The summed E-state index contributed by atoms with van der Waals surface area (Å²) >= 11 is 6.24. The molecule has 2 aromatic carbocycles. The number of nitrogens with two attached hydrogens (primary N) is 1. The SMILES string of the molecule is Cl.Cl.N[C@@H](Cc1c[nH]c2ccccc12)C(=O)NCCCCCCNc1c2c(nc3cc(Cl)ccc13)CCCC2. The lowest BCUT2D eigenvalue weighted by atomic mass is 9.92. The highest BCUT2D eigenvalue weighted by molar-refractivity contribution is 6.31. The molecule has 0 spiro atoms. The van der Waals surface area contributed by atoms with Crippen molar-refractivity contribution in [3.05, 3.63) is 70.5 Å². The number of anilines is 1. The van der Waals surface area contributed by atoms with E-state index in [-0.39, 0.29) is 30.7 Å². The lowest BCUT2D eigenvalue weighted by Gasteiger charge is -2.22. The molecule has 0 saturated carbocycles. The van der Waals surface area contributed by atoms with Crippen molar-refractivity contribution in [1.29, 1.82) is 0 Å². The fraction of sp³-hybridized carbons (Fsp3) is 0.400. The lowest BCUT2D eigenvalue weighted by molar-refractivity contribution is -0.122. The summed E-state index contributed by atoms with van der Waals surface area (Å²) in [5, 5.41) is 9.75. The first kappa shape index (κ1) is 31.0. The van der Waals surface area contributed by atoms with Crippen molar-refractivity contribution in [1.82, 2.24) is 15.3 Å². The van der Waals surface area contributed by atoms with Crippen LogP contribution in [-0.4, -0.2) is 35.0 Å². The van der Waals surface area contributed by atoms with Gasteiger partial charge in [0.15, 0.2) is 0 Å².